The largest absolute Gasteiger partial charge is 0.495 e. The van der Waals surface area contributed by atoms with Crippen molar-refractivity contribution in [2.24, 2.45) is 0 Å². The van der Waals surface area contributed by atoms with Gasteiger partial charge in [-0.2, -0.15) is 0 Å². The molecule has 0 radical (unpaired) electrons. The van der Waals surface area contributed by atoms with Gasteiger partial charge in [-0.3, -0.25) is 4.98 Å². The molecule has 1 aromatic carbocycles. The summed E-state index contributed by atoms with van der Waals surface area (Å²) in [5, 5.41) is 0.699. The number of halogens is 1. The Bertz CT molecular complexity index is 1310. The first kappa shape index (κ1) is 19.6. The number of methoxy groups -OCH3 is 1. The van der Waals surface area contributed by atoms with Crippen molar-refractivity contribution >= 4 is 37.0 Å². The van der Waals surface area contributed by atoms with Crippen LogP contribution in [0.25, 0.3) is 22.3 Å². The normalized spacial score (nSPS) is 11.7. The van der Waals surface area contributed by atoms with Crippen molar-refractivity contribution in [3.63, 3.8) is 0 Å². The lowest BCUT2D eigenvalue weighted by molar-refractivity contribution is 0.413. The number of benzene rings is 1. The van der Waals surface area contributed by atoms with Gasteiger partial charge in [-0.1, -0.05) is 17.7 Å². The second-order valence-corrected chi connectivity index (χ2v) is 9.35. The molecule has 148 valence electrons. The van der Waals surface area contributed by atoms with Gasteiger partial charge in [0.15, 0.2) is 5.65 Å². The monoisotopic (exact) mass is 471 g/mol. The average Bonchev–Trinajstić information content (AvgIpc) is 3.00. The van der Waals surface area contributed by atoms with E-state index in [1.54, 1.807) is 56.8 Å². The molecule has 3 heterocycles. The summed E-state index contributed by atoms with van der Waals surface area (Å²) < 4.78 is 34.2. The Balaban J connectivity index is 2.03. The first-order valence-electron chi connectivity index (χ1n) is 8.82. The highest BCUT2D eigenvalue weighted by Crippen LogP contribution is 2.36. The molecular weight excluding hydrogens is 454 g/mol. The first-order chi connectivity index (χ1) is 13.8. The standard InChI is InChI=1S/C21H18BrN3O3S/c1-13-4-7-17(8-5-13)29(26,27)25-14(2)20(18-10-15(22)11-24-21(18)25)19-9-6-16(28-3)12-23-19/h4-12H,1-3H3. The molecule has 0 atom stereocenters. The number of pyridine rings is 2. The van der Waals surface area contributed by atoms with Gasteiger partial charge in [-0.15, -0.1) is 0 Å². The molecule has 0 spiro atoms. The molecule has 0 N–H and O–H groups in total. The minimum Gasteiger partial charge on any atom is -0.495 e. The Hall–Kier alpha value is -2.71. The molecule has 0 aliphatic heterocycles. The van der Waals surface area contributed by atoms with Crippen LogP contribution in [0.4, 0.5) is 0 Å². The van der Waals surface area contributed by atoms with Crippen LogP contribution in [0.5, 0.6) is 5.75 Å². The predicted octanol–water partition coefficient (Wildman–Crippen LogP) is 4.72. The van der Waals surface area contributed by atoms with Gasteiger partial charge in [0.2, 0.25) is 0 Å². The molecule has 3 aromatic heterocycles. The van der Waals surface area contributed by atoms with Crippen molar-refractivity contribution in [2.45, 2.75) is 18.7 Å². The summed E-state index contributed by atoms with van der Waals surface area (Å²) in [6.07, 6.45) is 3.20. The molecule has 0 bridgehead atoms. The van der Waals surface area contributed by atoms with Crippen molar-refractivity contribution in [1.29, 1.82) is 0 Å². The third kappa shape index (κ3) is 3.32. The molecule has 0 saturated carbocycles. The zero-order valence-electron chi connectivity index (χ0n) is 16.0. The lowest BCUT2D eigenvalue weighted by Gasteiger charge is -2.10. The van der Waals surface area contributed by atoms with Crippen molar-refractivity contribution in [3.8, 4) is 17.0 Å². The minimum absolute atomic E-state index is 0.210. The van der Waals surface area contributed by atoms with E-state index in [1.165, 1.54) is 3.97 Å². The predicted molar refractivity (Wildman–Crippen MR) is 116 cm³/mol. The smallest absolute Gasteiger partial charge is 0.269 e. The molecule has 4 aromatic rings. The van der Waals surface area contributed by atoms with E-state index < -0.39 is 10.0 Å². The van der Waals surface area contributed by atoms with Crippen LogP contribution < -0.4 is 4.74 Å². The fourth-order valence-electron chi connectivity index (χ4n) is 3.32. The molecule has 4 rings (SSSR count). The van der Waals surface area contributed by atoms with Crippen molar-refractivity contribution in [3.05, 3.63) is 70.6 Å². The highest BCUT2D eigenvalue weighted by atomic mass is 79.9. The minimum atomic E-state index is -3.84. The fourth-order valence-corrected chi connectivity index (χ4v) is 5.16. The number of nitrogens with zero attached hydrogens (tertiary/aromatic N) is 3. The Kier molecular flexibility index (Phi) is 4.92. The van der Waals surface area contributed by atoms with E-state index in [0.717, 1.165) is 10.0 Å². The topological polar surface area (TPSA) is 74.1 Å². The second kappa shape index (κ2) is 7.27. The highest BCUT2D eigenvalue weighted by molar-refractivity contribution is 9.10. The van der Waals surface area contributed by atoms with Gasteiger partial charge in [-0.05, 0) is 60.1 Å². The number of hydrogen-bond donors (Lipinski definition) is 0. The molecule has 0 amide bonds. The van der Waals surface area contributed by atoms with E-state index in [-0.39, 0.29) is 4.90 Å². The van der Waals surface area contributed by atoms with Crippen LogP contribution in [0.15, 0.2) is 64.2 Å². The zero-order valence-corrected chi connectivity index (χ0v) is 18.5. The fraction of sp³-hybridized carbons (Fsp3) is 0.143. The van der Waals surface area contributed by atoms with Crippen LogP contribution in [-0.2, 0) is 10.0 Å². The van der Waals surface area contributed by atoms with Gasteiger partial charge in [0.05, 0.1) is 23.9 Å². The summed E-state index contributed by atoms with van der Waals surface area (Å²) in [6, 6.07) is 12.3. The van der Waals surface area contributed by atoms with Gasteiger partial charge in [0, 0.05) is 27.3 Å². The molecule has 0 saturated heterocycles. The maximum atomic E-state index is 13.5. The second-order valence-electron chi connectivity index (χ2n) is 6.65. The molecule has 8 heteroatoms. The molecule has 6 nitrogen and oxygen atoms in total. The number of rotatable bonds is 4. The number of fused-ring (bicyclic) bond motifs is 1. The number of aryl methyl sites for hydroxylation is 1. The van der Waals surface area contributed by atoms with Crippen LogP contribution in [-0.4, -0.2) is 29.5 Å². The van der Waals surface area contributed by atoms with Gasteiger partial charge in [0.1, 0.15) is 5.75 Å². The van der Waals surface area contributed by atoms with Crippen LogP contribution in [0.3, 0.4) is 0 Å². The Morgan fingerprint density at radius 1 is 1.00 bits per heavy atom. The first-order valence-corrected chi connectivity index (χ1v) is 11.1. The van der Waals surface area contributed by atoms with E-state index >= 15 is 0 Å². The van der Waals surface area contributed by atoms with E-state index in [2.05, 4.69) is 25.9 Å². The summed E-state index contributed by atoms with van der Waals surface area (Å²) in [7, 11) is -2.27. The highest BCUT2D eigenvalue weighted by Gasteiger charge is 2.27. The van der Waals surface area contributed by atoms with Crippen LogP contribution >= 0.6 is 15.9 Å². The average molecular weight is 472 g/mol. The molecule has 0 fully saturated rings. The molecule has 0 aliphatic carbocycles. The lowest BCUT2D eigenvalue weighted by Crippen LogP contribution is -2.15. The summed E-state index contributed by atoms with van der Waals surface area (Å²) in [5.74, 6) is 0.627. The summed E-state index contributed by atoms with van der Waals surface area (Å²) in [6.45, 7) is 3.68. The van der Waals surface area contributed by atoms with Gasteiger partial charge >= 0.3 is 0 Å². The summed E-state index contributed by atoms with van der Waals surface area (Å²) >= 11 is 3.44. The zero-order chi connectivity index (χ0) is 20.8. The third-order valence-corrected chi connectivity index (χ3v) is 6.98. The van der Waals surface area contributed by atoms with Gasteiger partial charge < -0.3 is 4.74 Å². The summed E-state index contributed by atoms with van der Waals surface area (Å²) in [5.41, 5.74) is 3.25. The van der Waals surface area contributed by atoms with Gasteiger partial charge in [-0.25, -0.2) is 17.4 Å². The number of aromatic nitrogens is 3. The van der Waals surface area contributed by atoms with Crippen LogP contribution in [0, 0.1) is 13.8 Å². The third-order valence-electron chi connectivity index (χ3n) is 4.75. The SMILES string of the molecule is COc1ccc(-c2c(C)n(S(=O)(=O)c3ccc(C)cc3)c3ncc(Br)cc23)nc1. The van der Waals surface area contributed by atoms with Gasteiger partial charge in [0.25, 0.3) is 10.0 Å². The van der Waals surface area contributed by atoms with Crippen LogP contribution in [0.2, 0.25) is 0 Å². The lowest BCUT2D eigenvalue weighted by atomic mass is 10.1. The molecular formula is C21H18BrN3O3S. The Morgan fingerprint density at radius 2 is 1.72 bits per heavy atom. The van der Waals surface area contributed by atoms with Crippen molar-refractivity contribution < 1.29 is 13.2 Å². The Morgan fingerprint density at radius 3 is 2.34 bits per heavy atom. The quantitative estimate of drug-likeness (QED) is 0.430. The maximum absolute atomic E-state index is 13.5. The van der Waals surface area contributed by atoms with Crippen molar-refractivity contribution in [2.75, 3.05) is 7.11 Å². The molecule has 29 heavy (non-hydrogen) atoms. The number of ether oxygens (including phenoxy) is 1. The van der Waals surface area contributed by atoms with E-state index in [9.17, 15) is 8.42 Å². The Labute approximate surface area is 177 Å². The molecule has 0 unspecified atom stereocenters. The summed E-state index contributed by atoms with van der Waals surface area (Å²) in [4.78, 5) is 9.09. The van der Waals surface area contributed by atoms with E-state index in [4.69, 9.17) is 4.74 Å². The molecule has 0 aliphatic rings. The number of hydrogen-bond acceptors (Lipinski definition) is 5. The van der Waals surface area contributed by atoms with Crippen molar-refractivity contribution in [1.82, 2.24) is 13.9 Å². The van der Waals surface area contributed by atoms with Crippen LogP contribution in [0.1, 0.15) is 11.3 Å². The van der Waals surface area contributed by atoms with E-state index in [0.29, 0.717) is 33.7 Å². The maximum Gasteiger partial charge on any atom is 0.269 e. The van der Waals surface area contributed by atoms with E-state index in [1.807, 2.05) is 19.1 Å².